The van der Waals surface area contributed by atoms with Gasteiger partial charge >= 0.3 is 0 Å². The molecule has 1 aliphatic heterocycles. The van der Waals surface area contributed by atoms with Gasteiger partial charge in [-0.25, -0.2) is 17.2 Å². The molecule has 0 bridgehead atoms. The minimum Gasteiger partial charge on any atom is -0.399 e. The van der Waals surface area contributed by atoms with Crippen molar-refractivity contribution in [2.24, 2.45) is 0 Å². The van der Waals surface area contributed by atoms with Crippen LogP contribution >= 0.6 is 0 Å². The Bertz CT molecular complexity index is 605. The molecule has 1 aliphatic rings. The zero-order valence-electron chi connectivity index (χ0n) is 10.9. The molecule has 3 N–H and O–H groups in total. The van der Waals surface area contributed by atoms with Gasteiger partial charge in [0.1, 0.15) is 11.6 Å². The molecule has 2 rings (SSSR count). The van der Waals surface area contributed by atoms with Crippen LogP contribution in [-0.4, -0.2) is 36.5 Å². The van der Waals surface area contributed by atoms with E-state index in [2.05, 4.69) is 0 Å². The second-order valence-corrected chi connectivity index (χ2v) is 6.94. The molecule has 0 unspecified atom stereocenters. The number of sulfonamides is 1. The van der Waals surface area contributed by atoms with Crippen molar-refractivity contribution < 1.29 is 22.3 Å². The molecule has 5 nitrogen and oxygen atoms in total. The van der Waals surface area contributed by atoms with E-state index >= 15 is 0 Å². The van der Waals surface area contributed by atoms with Crippen LogP contribution < -0.4 is 5.73 Å². The number of anilines is 1. The van der Waals surface area contributed by atoms with Crippen LogP contribution in [0.3, 0.4) is 0 Å². The largest absolute Gasteiger partial charge is 0.399 e. The maximum absolute atomic E-state index is 13.7. The zero-order valence-corrected chi connectivity index (χ0v) is 11.8. The summed E-state index contributed by atoms with van der Waals surface area (Å²) in [6.45, 7) is 1.54. The van der Waals surface area contributed by atoms with Gasteiger partial charge in [-0.05, 0) is 18.6 Å². The molecule has 1 aromatic rings. The summed E-state index contributed by atoms with van der Waals surface area (Å²) in [6, 6.07) is 1.52. The molecule has 1 fully saturated rings. The lowest BCUT2D eigenvalue weighted by atomic mass is 9.92. The van der Waals surface area contributed by atoms with Gasteiger partial charge in [-0.2, -0.15) is 4.31 Å². The molecule has 0 aromatic heterocycles. The number of hydrogen-bond acceptors (Lipinski definition) is 4. The van der Waals surface area contributed by atoms with Gasteiger partial charge in [-0.1, -0.05) is 13.3 Å². The van der Waals surface area contributed by atoms with Crippen molar-refractivity contribution in [1.29, 1.82) is 0 Å². The molecule has 0 amide bonds. The molecule has 1 aromatic carbocycles. The third-order valence-electron chi connectivity index (χ3n) is 3.28. The Balaban J connectivity index is 2.30. The molecule has 8 heteroatoms. The second-order valence-electron chi connectivity index (χ2n) is 5.06. The van der Waals surface area contributed by atoms with Gasteiger partial charge in [0.25, 0.3) is 0 Å². The number of nitrogens with two attached hydrogens (primary N) is 1. The number of nitrogen functional groups attached to an aromatic ring is 1. The fourth-order valence-electron chi connectivity index (χ4n) is 2.36. The fourth-order valence-corrected chi connectivity index (χ4v) is 4.05. The molecule has 0 spiro atoms. The predicted octanol–water partition coefficient (Wildman–Crippen LogP) is 1.08. The Hall–Kier alpha value is -1.25. The summed E-state index contributed by atoms with van der Waals surface area (Å²) in [7, 11) is -4.30. The van der Waals surface area contributed by atoms with E-state index in [9.17, 15) is 22.3 Å². The van der Waals surface area contributed by atoms with Gasteiger partial charge in [0.2, 0.25) is 10.0 Å². The van der Waals surface area contributed by atoms with Gasteiger partial charge in [-0.15, -0.1) is 0 Å². The summed E-state index contributed by atoms with van der Waals surface area (Å²) in [5.74, 6) is -2.46. The van der Waals surface area contributed by atoms with Crippen molar-refractivity contribution in [3.8, 4) is 0 Å². The van der Waals surface area contributed by atoms with Gasteiger partial charge in [0.15, 0.2) is 4.90 Å². The third-order valence-corrected chi connectivity index (χ3v) is 5.12. The fraction of sp³-hybridized carbons (Fsp3) is 0.500. The maximum atomic E-state index is 13.7. The van der Waals surface area contributed by atoms with E-state index in [4.69, 9.17) is 5.73 Å². The lowest BCUT2D eigenvalue weighted by molar-refractivity contribution is -0.0654. The average molecular weight is 306 g/mol. The number of nitrogens with zero attached hydrogens (tertiary/aromatic N) is 1. The topological polar surface area (TPSA) is 83.6 Å². The summed E-state index contributed by atoms with van der Waals surface area (Å²) >= 11 is 0. The summed E-state index contributed by atoms with van der Waals surface area (Å²) < 4.78 is 52.5. The van der Waals surface area contributed by atoms with Crippen molar-refractivity contribution in [3.63, 3.8) is 0 Å². The second kappa shape index (κ2) is 4.94. The van der Waals surface area contributed by atoms with E-state index in [1.165, 1.54) is 0 Å². The van der Waals surface area contributed by atoms with Crippen LogP contribution in [0.25, 0.3) is 0 Å². The first kappa shape index (κ1) is 15.1. The minimum atomic E-state index is -4.30. The molecule has 20 heavy (non-hydrogen) atoms. The lowest BCUT2D eigenvalue weighted by Gasteiger charge is -2.45. The van der Waals surface area contributed by atoms with Gasteiger partial charge in [0, 0.05) is 18.8 Å². The van der Waals surface area contributed by atoms with Crippen LogP contribution in [0.4, 0.5) is 14.5 Å². The van der Waals surface area contributed by atoms with Crippen LogP contribution in [0.5, 0.6) is 0 Å². The molecule has 0 radical (unpaired) electrons. The number of aliphatic hydroxyl groups is 1. The number of halogens is 2. The van der Waals surface area contributed by atoms with Gasteiger partial charge in [0.05, 0.1) is 5.60 Å². The summed E-state index contributed by atoms with van der Waals surface area (Å²) in [4.78, 5) is -1.02. The van der Waals surface area contributed by atoms with Crippen molar-refractivity contribution in [2.75, 3.05) is 18.8 Å². The van der Waals surface area contributed by atoms with E-state index in [0.717, 1.165) is 16.4 Å². The molecular weight excluding hydrogens is 290 g/mol. The molecule has 0 saturated carbocycles. The average Bonchev–Trinajstić information content (AvgIpc) is 2.23. The number of β-amino-alcohol motifs (C(OH)–C–C–N with tert-alkyl or cyclic N) is 1. The van der Waals surface area contributed by atoms with Crippen LogP contribution in [-0.2, 0) is 10.0 Å². The lowest BCUT2D eigenvalue weighted by Crippen LogP contribution is -2.63. The number of rotatable bonds is 4. The molecular formula is C12H16F2N2O3S. The Kier molecular flexibility index (Phi) is 3.74. The zero-order chi connectivity index (χ0) is 15.1. The van der Waals surface area contributed by atoms with Crippen LogP contribution in [0.15, 0.2) is 17.0 Å². The summed E-state index contributed by atoms with van der Waals surface area (Å²) in [5.41, 5.74) is 3.95. The monoisotopic (exact) mass is 306 g/mol. The predicted molar refractivity (Wildman–Crippen MR) is 69.4 cm³/mol. The Labute approximate surface area is 116 Å². The molecule has 112 valence electrons. The Morgan fingerprint density at radius 3 is 2.30 bits per heavy atom. The SMILES string of the molecule is CCCC1(O)CN(S(=O)(=O)c2c(F)cc(N)cc2F)C1. The van der Waals surface area contributed by atoms with E-state index in [1.54, 1.807) is 0 Å². The highest BCUT2D eigenvalue weighted by Crippen LogP contribution is 2.33. The van der Waals surface area contributed by atoms with Crippen molar-refractivity contribution in [1.82, 2.24) is 4.31 Å². The highest BCUT2D eigenvalue weighted by atomic mass is 32.2. The summed E-state index contributed by atoms with van der Waals surface area (Å²) in [6.07, 6.45) is 1.13. The van der Waals surface area contributed by atoms with Crippen molar-refractivity contribution >= 4 is 15.7 Å². The normalized spacial score (nSPS) is 18.8. The first-order valence-corrected chi connectivity index (χ1v) is 7.61. The Morgan fingerprint density at radius 2 is 1.85 bits per heavy atom. The van der Waals surface area contributed by atoms with Gasteiger partial charge < -0.3 is 10.8 Å². The van der Waals surface area contributed by atoms with E-state index in [1.807, 2.05) is 6.92 Å². The van der Waals surface area contributed by atoms with Crippen LogP contribution in [0.2, 0.25) is 0 Å². The van der Waals surface area contributed by atoms with Gasteiger partial charge in [-0.3, -0.25) is 0 Å². The third kappa shape index (κ3) is 2.50. The maximum Gasteiger partial charge on any atom is 0.249 e. The van der Waals surface area contributed by atoms with E-state index < -0.39 is 32.2 Å². The smallest absolute Gasteiger partial charge is 0.249 e. The van der Waals surface area contributed by atoms with Crippen LogP contribution in [0.1, 0.15) is 19.8 Å². The number of benzene rings is 1. The first-order chi connectivity index (χ1) is 9.19. The molecule has 0 aliphatic carbocycles. The molecule has 1 heterocycles. The Morgan fingerprint density at radius 1 is 1.35 bits per heavy atom. The van der Waals surface area contributed by atoms with Crippen molar-refractivity contribution in [2.45, 2.75) is 30.3 Å². The van der Waals surface area contributed by atoms with Crippen molar-refractivity contribution in [3.05, 3.63) is 23.8 Å². The minimum absolute atomic E-state index is 0.160. The highest BCUT2D eigenvalue weighted by molar-refractivity contribution is 7.89. The highest BCUT2D eigenvalue weighted by Gasteiger charge is 2.47. The van der Waals surface area contributed by atoms with Crippen LogP contribution in [0, 0.1) is 11.6 Å². The quantitative estimate of drug-likeness (QED) is 0.815. The standard InChI is InChI=1S/C12H16F2N2O3S/c1-2-3-12(17)6-16(7-12)20(18,19)11-9(13)4-8(15)5-10(11)14/h4-5,17H,2-3,6-7,15H2,1H3. The summed E-state index contributed by atoms with van der Waals surface area (Å²) in [5, 5.41) is 9.96. The molecule has 0 atom stereocenters. The van der Waals surface area contributed by atoms with E-state index in [-0.39, 0.29) is 18.8 Å². The first-order valence-electron chi connectivity index (χ1n) is 6.17. The molecule has 1 saturated heterocycles. The van der Waals surface area contributed by atoms with E-state index in [0.29, 0.717) is 12.8 Å². The number of hydrogen-bond donors (Lipinski definition) is 2.